The Bertz CT molecular complexity index is 530. The Kier molecular flexibility index (Phi) is 4.89. The van der Waals surface area contributed by atoms with Crippen molar-refractivity contribution < 1.29 is 9.90 Å². The molecule has 0 spiro atoms. The highest BCUT2D eigenvalue weighted by Crippen LogP contribution is 2.64. The van der Waals surface area contributed by atoms with Crippen LogP contribution in [0, 0.1) is 40.9 Å². The van der Waals surface area contributed by atoms with Crippen molar-refractivity contribution in [1.82, 2.24) is 0 Å². The zero-order valence-electron chi connectivity index (χ0n) is 16.0. The second kappa shape index (κ2) is 6.62. The minimum absolute atomic E-state index is 0.259. The van der Waals surface area contributed by atoms with Crippen molar-refractivity contribution in [2.45, 2.75) is 83.7 Å². The quantitative estimate of drug-likeness (QED) is 0.621. The molecule has 0 aromatic heterocycles. The van der Waals surface area contributed by atoms with Crippen LogP contribution >= 0.6 is 15.9 Å². The zero-order valence-corrected chi connectivity index (χ0v) is 17.6. The number of carbonyl (C=O) groups excluding carboxylic acids is 1. The molecule has 4 aliphatic carbocycles. The molecule has 142 valence electrons. The van der Waals surface area contributed by atoms with Gasteiger partial charge in [0.2, 0.25) is 0 Å². The van der Waals surface area contributed by atoms with Gasteiger partial charge in [-0.1, -0.05) is 22.9 Å². The van der Waals surface area contributed by atoms with E-state index in [4.69, 9.17) is 0 Å². The molecule has 1 N–H and O–H groups in total. The highest BCUT2D eigenvalue weighted by molar-refractivity contribution is 9.09. The second-order valence-corrected chi connectivity index (χ2v) is 10.8. The molecule has 8 atom stereocenters. The number of ketones is 1. The van der Waals surface area contributed by atoms with Gasteiger partial charge in [0.15, 0.2) is 0 Å². The molecule has 4 rings (SSSR count). The van der Waals surface area contributed by atoms with Crippen LogP contribution < -0.4 is 0 Å². The van der Waals surface area contributed by atoms with Crippen molar-refractivity contribution in [3.05, 3.63) is 0 Å². The number of hydrogen-bond donors (Lipinski definition) is 1. The number of hydrogen-bond acceptors (Lipinski definition) is 2. The molecule has 0 radical (unpaired) electrons. The number of fused-ring (bicyclic) bond motifs is 5. The van der Waals surface area contributed by atoms with Crippen LogP contribution in [0.5, 0.6) is 0 Å². The lowest BCUT2D eigenvalue weighted by molar-refractivity contribution is -0.127. The fraction of sp³-hybridized carbons (Fsp3) is 0.955. The van der Waals surface area contributed by atoms with Crippen LogP contribution in [-0.4, -0.2) is 21.8 Å². The van der Waals surface area contributed by atoms with E-state index in [1.54, 1.807) is 0 Å². The first-order chi connectivity index (χ1) is 11.9. The summed E-state index contributed by atoms with van der Waals surface area (Å²) >= 11 is 3.43. The lowest BCUT2D eigenvalue weighted by atomic mass is 9.50. The van der Waals surface area contributed by atoms with Crippen molar-refractivity contribution in [3.8, 4) is 0 Å². The van der Waals surface area contributed by atoms with Crippen LogP contribution in [-0.2, 0) is 4.79 Å². The van der Waals surface area contributed by atoms with Gasteiger partial charge in [0.05, 0.1) is 10.9 Å². The molecule has 4 fully saturated rings. The van der Waals surface area contributed by atoms with Gasteiger partial charge in [-0.3, -0.25) is 4.79 Å². The number of alkyl halides is 1. The van der Waals surface area contributed by atoms with E-state index in [0.29, 0.717) is 17.0 Å². The van der Waals surface area contributed by atoms with E-state index in [0.717, 1.165) is 48.9 Å². The summed E-state index contributed by atoms with van der Waals surface area (Å²) in [5.74, 6) is 4.90. The van der Waals surface area contributed by atoms with Crippen LogP contribution in [0.15, 0.2) is 0 Å². The smallest absolute Gasteiger partial charge is 0.147 e. The summed E-state index contributed by atoms with van der Waals surface area (Å²) in [7, 11) is 0. The Morgan fingerprint density at radius 3 is 2.40 bits per heavy atom. The monoisotopic (exact) mass is 410 g/mol. The summed E-state index contributed by atoms with van der Waals surface area (Å²) in [4.78, 5) is 12.5. The fourth-order valence-electron chi connectivity index (χ4n) is 7.76. The molecule has 0 aromatic carbocycles. The molecule has 0 heterocycles. The Labute approximate surface area is 161 Å². The van der Waals surface area contributed by atoms with Crippen LogP contribution in [0.2, 0.25) is 0 Å². The largest absolute Gasteiger partial charge is 0.390 e. The van der Waals surface area contributed by atoms with Gasteiger partial charge in [-0.15, -0.1) is 0 Å². The van der Waals surface area contributed by atoms with E-state index in [9.17, 15) is 9.90 Å². The summed E-state index contributed by atoms with van der Waals surface area (Å²) in [6.07, 6.45) is 12.2. The van der Waals surface area contributed by atoms with Gasteiger partial charge < -0.3 is 5.11 Å². The maximum Gasteiger partial charge on any atom is 0.147 e. The number of rotatable bonds is 2. The average Bonchev–Trinajstić information content (AvgIpc) is 2.86. The summed E-state index contributed by atoms with van der Waals surface area (Å²) < 4.78 is 0. The van der Waals surface area contributed by atoms with E-state index in [-0.39, 0.29) is 5.41 Å². The van der Waals surface area contributed by atoms with E-state index in [1.807, 2.05) is 6.92 Å². The first-order valence-corrected chi connectivity index (χ1v) is 11.8. The molecule has 0 aromatic rings. The van der Waals surface area contributed by atoms with Gasteiger partial charge in [-0.25, -0.2) is 0 Å². The lowest BCUT2D eigenvalue weighted by Gasteiger charge is -2.54. The third-order valence-corrected chi connectivity index (χ3v) is 9.66. The first-order valence-electron chi connectivity index (χ1n) is 10.7. The summed E-state index contributed by atoms with van der Waals surface area (Å²) in [5.41, 5.74) is -0.175. The molecular weight excluding hydrogens is 376 g/mol. The Morgan fingerprint density at radius 2 is 1.64 bits per heavy atom. The maximum absolute atomic E-state index is 12.5. The SMILES string of the molecule is C[C@]1(O)CC[C@H]2CC[C@@H]3[C@H](CC[C@]4(C)[C@@H](C(=O)CBr)CC[C@@H]34)[C@H]2CC1. The van der Waals surface area contributed by atoms with E-state index < -0.39 is 5.60 Å². The van der Waals surface area contributed by atoms with Crippen LogP contribution in [0.1, 0.15) is 78.1 Å². The van der Waals surface area contributed by atoms with Crippen molar-refractivity contribution in [3.63, 3.8) is 0 Å². The number of halogens is 1. The van der Waals surface area contributed by atoms with Crippen molar-refractivity contribution in [1.29, 1.82) is 0 Å². The third-order valence-electron chi connectivity index (χ3n) is 9.11. The third kappa shape index (κ3) is 3.06. The molecule has 0 unspecified atom stereocenters. The van der Waals surface area contributed by atoms with Gasteiger partial charge in [-0.05, 0) is 106 Å². The molecular formula is C22H35BrO2. The second-order valence-electron chi connectivity index (χ2n) is 10.3. The van der Waals surface area contributed by atoms with E-state index in [1.165, 1.54) is 44.9 Å². The summed E-state index contributed by atoms with van der Waals surface area (Å²) in [5, 5.41) is 11.1. The molecule has 4 saturated carbocycles. The lowest BCUT2D eigenvalue weighted by Crippen LogP contribution is -2.48. The standard InChI is InChI=1S/C22H35BrO2/c1-21(25)10-7-14-3-4-17-16(15(14)8-11-21)9-12-22(2)18(17)5-6-19(22)20(24)13-23/h14-19,25H,3-13H2,1-2H3/t14-,15+,16-,17-,18+,19-,21+,22+/m1/s1. The van der Waals surface area contributed by atoms with Crippen LogP contribution in [0.3, 0.4) is 0 Å². The van der Waals surface area contributed by atoms with Crippen LogP contribution in [0.4, 0.5) is 0 Å². The first kappa shape index (κ1) is 18.5. The van der Waals surface area contributed by atoms with Gasteiger partial charge >= 0.3 is 0 Å². The molecule has 25 heavy (non-hydrogen) atoms. The van der Waals surface area contributed by atoms with Crippen molar-refractivity contribution in [2.24, 2.45) is 40.9 Å². The summed E-state index contributed by atoms with van der Waals surface area (Å²) in [6.45, 7) is 4.49. The minimum atomic E-state index is -0.434. The van der Waals surface area contributed by atoms with Crippen LogP contribution in [0.25, 0.3) is 0 Å². The Hall–Kier alpha value is 0.110. The zero-order chi connectivity index (χ0) is 17.8. The van der Waals surface area contributed by atoms with E-state index >= 15 is 0 Å². The Balaban J connectivity index is 1.55. The van der Waals surface area contributed by atoms with Crippen molar-refractivity contribution in [2.75, 3.05) is 5.33 Å². The molecule has 2 nitrogen and oxygen atoms in total. The fourth-order valence-corrected chi connectivity index (χ4v) is 8.15. The predicted molar refractivity (Wildman–Crippen MR) is 105 cm³/mol. The minimum Gasteiger partial charge on any atom is -0.390 e. The van der Waals surface area contributed by atoms with Gasteiger partial charge in [0.1, 0.15) is 5.78 Å². The van der Waals surface area contributed by atoms with Crippen molar-refractivity contribution >= 4 is 21.7 Å². The molecule has 4 aliphatic rings. The normalized spacial score (nSPS) is 52.6. The predicted octanol–water partition coefficient (Wildman–Crippen LogP) is 5.36. The molecule has 0 bridgehead atoms. The number of aliphatic hydroxyl groups is 1. The average molecular weight is 411 g/mol. The number of carbonyl (C=O) groups is 1. The van der Waals surface area contributed by atoms with E-state index in [2.05, 4.69) is 22.9 Å². The molecule has 3 heteroatoms. The number of Topliss-reactive ketones (excluding diaryl/α,β-unsaturated/α-hetero) is 1. The molecule has 0 saturated heterocycles. The van der Waals surface area contributed by atoms with Gasteiger partial charge in [0.25, 0.3) is 0 Å². The summed E-state index contributed by atoms with van der Waals surface area (Å²) in [6, 6.07) is 0. The maximum atomic E-state index is 12.5. The van der Waals surface area contributed by atoms with Gasteiger partial charge in [-0.2, -0.15) is 0 Å². The molecule has 0 aliphatic heterocycles. The topological polar surface area (TPSA) is 37.3 Å². The highest BCUT2D eigenvalue weighted by Gasteiger charge is 2.58. The molecule has 0 amide bonds. The Morgan fingerprint density at radius 1 is 0.920 bits per heavy atom. The highest BCUT2D eigenvalue weighted by atomic mass is 79.9. The van der Waals surface area contributed by atoms with Gasteiger partial charge in [0, 0.05) is 5.92 Å².